The number of halogens is 2. The zero-order chi connectivity index (χ0) is 8.72. The fraction of sp³-hybridized carbons (Fsp3) is 0. The van der Waals surface area contributed by atoms with E-state index in [0.29, 0.717) is 13.9 Å². The molecule has 2 rings (SSSR count). The van der Waals surface area contributed by atoms with Crippen LogP contribution in [0.15, 0.2) is 22.0 Å². The van der Waals surface area contributed by atoms with Gasteiger partial charge in [-0.3, -0.25) is 0 Å². The molecule has 1 nitrogen and oxygen atoms in total. The highest BCUT2D eigenvalue weighted by atomic mass is 79.9. The van der Waals surface area contributed by atoms with Crippen LogP contribution < -0.4 is 0 Å². The fourth-order valence-electron chi connectivity index (χ4n) is 1.05. The molecule has 0 radical (unpaired) electrons. The van der Waals surface area contributed by atoms with Gasteiger partial charge < -0.3 is 5.11 Å². The Labute approximate surface area is 80.6 Å². The first-order valence-electron chi connectivity index (χ1n) is 3.25. The van der Waals surface area contributed by atoms with E-state index in [1.807, 2.05) is 0 Å². The number of hydrogen-bond donors (Lipinski definition) is 1. The minimum absolute atomic E-state index is 0.127. The summed E-state index contributed by atoms with van der Waals surface area (Å²) in [5.74, 6) is -0.173. The zero-order valence-corrected chi connectivity index (χ0v) is 8.25. The van der Waals surface area contributed by atoms with Crippen LogP contribution in [-0.4, -0.2) is 5.11 Å². The Morgan fingerprint density at radius 1 is 1.42 bits per heavy atom. The van der Waals surface area contributed by atoms with E-state index < -0.39 is 0 Å². The van der Waals surface area contributed by atoms with Gasteiger partial charge in [0.25, 0.3) is 0 Å². The lowest BCUT2D eigenvalue weighted by Gasteiger charge is -1.91. The largest absolute Gasteiger partial charge is 0.506 e. The van der Waals surface area contributed by atoms with E-state index in [2.05, 4.69) is 15.9 Å². The fourth-order valence-corrected chi connectivity index (χ4v) is 2.56. The summed E-state index contributed by atoms with van der Waals surface area (Å²) < 4.78 is 14.2. The molecule has 0 saturated carbocycles. The Morgan fingerprint density at radius 3 is 2.83 bits per heavy atom. The van der Waals surface area contributed by atoms with Gasteiger partial charge in [0.05, 0.1) is 4.70 Å². The first-order chi connectivity index (χ1) is 5.70. The molecule has 1 heterocycles. The lowest BCUT2D eigenvalue weighted by molar-refractivity contribution is 0.482. The molecule has 0 bridgehead atoms. The van der Waals surface area contributed by atoms with Crippen molar-refractivity contribution in [1.82, 2.24) is 0 Å². The van der Waals surface area contributed by atoms with E-state index in [9.17, 15) is 9.50 Å². The molecule has 2 aromatic rings. The third-order valence-corrected chi connectivity index (χ3v) is 3.42. The first kappa shape index (κ1) is 8.01. The van der Waals surface area contributed by atoms with E-state index in [1.165, 1.54) is 11.3 Å². The van der Waals surface area contributed by atoms with Crippen LogP contribution in [0.5, 0.6) is 5.75 Å². The Morgan fingerprint density at radius 2 is 2.17 bits per heavy atom. The quantitative estimate of drug-likeness (QED) is 0.755. The molecule has 0 amide bonds. The van der Waals surface area contributed by atoms with Crippen LogP contribution in [0.2, 0.25) is 0 Å². The van der Waals surface area contributed by atoms with Crippen LogP contribution in [0.1, 0.15) is 0 Å². The van der Waals surface area contributed by atoms with Crippen molar-refractivity contribution in [2.45, 2.75) is 0 Å². The Balaban J connectivity index is 2.95. The third kappa shape index (κ3) is 1.03. The van der Waals surface area contributed by atoms with Crippen molar-refractivity contribution in [2.75, 3.05) is 0 Å². The van der Waals surface area contributed by atoms with Crippen molar-refractivity contribution in [1.29, 1.82) is 0 Å². The number of phenols is 1. The van der Waals surface area contributed by atoms with Gasteiger partial charge in [-0.05, 0) is 22.0 Å². The van der Waals surface area contributed by atoms with Gasteiger partial charge in [-0.15, -0.1) is 11.3 Å². The maximum atomic E-state index is 13.2. The second kappa shape index (κ2) is 2.71. The number of aromatic hydroxyl groups is 1. The highest BCUT2D eigenvalue weighted by Gasteiger charge is 2.11. The van der Waals surface area contributed by atoms with Gasteiger partial charge in [0.15, 0.2) is 5.82 Å². The number of benzene rings is 1. The lowest BCUT2D eigenvalue weighted by atomic mass is 10.2. The molecule has 0 saturated heterocycles. The summed E-state index contributed by atoms with van der Waals surface area (Å²) in [6.45, 7) is 0. The Kier molecular flexibility index (Phi) is 1.81. The summed E-state index contributed by atoms with van der Waals surface area (Å²) in [4.78, 5) is 0. The van der Waals surface area contributed by atoms with Crippen molar-refractivity contribution < 1.29 is 9.50 Å². The molecule has 0 unspecified atom stereocenters. The SMILES string of the molecule is Oc1cccc2c(F)c(Br)sc12. The lowest BCUT2D eigenvalue weighted by Crippen LogP contribution is -1.69. The van der Waals surface area contributed by atoms with E-state index in [4.69, 9.17) is 0 Å². The van der Waals surface area contributed by atoms with Crippen LogP contribution in [-0.2, 0) is 0 Å². The predicted molar refractivity (Wildman–Crippen MR) is 51.1 cm³/mol. The molecule has 0 atom stereocenters. The average molecular weight is 247 g/mol. The number of fused-ring (bicyclic) bond motifs is 1. The number of phenolic OH excluding ortho intramolecular Hbond substituents is 1. The first-order valence-corrected chi connectivity index (χ1v) is 4.86. The summed E-state index contributed by atoms with van der Waals surface area (Å²) in [7, 11) is 0. The second-order valence-corrected chi connectivity index (χ2v) is 4.68. The van der Waals surface area contributed by atoms with Crippen LogP contribution in [0, 0.1) is 5.82 Å². The average Bonchev–Trinajstić information content (AvgIpc) is 2.32. The number of rotatable bonds is 0. The van der Waals surface area contributed by atoms with Crippen LogP contribution in [0.3, 0.4) is 0 Å². The summed E-state index contributed by atoms with van der Waals surface area (Å²) >= 11 is 4.27. The van der Waals surface area contributed by atoms with Gasteiger partial charge in [0, 0.05) is 5.39 Å². The summed E-state index contributed by atoms with van der Waals surface area (Å²) in [5, 5.41) is 9.80. The standard InChI is InChI=1S/C8H4BrFOS/c9-8-6(10)4-2-1-3-5(11)7(4)12-8/h1-3,11H. The number of hydrogen-bond acceptors (Lipinski definition) is 2. The van der Waals surface area contributed by atoms with Gasteiger partial charge in [-0.25, -0.2) is 4.39 Å². The Bertz CT molecular complexity index is 438. The highest BCUT2D eigenvalue weighted by Crippen LogP contribution is 2.38. The monoisotopic (exact) mass is 246 g/mol. The van der Waals surface area contributed by atoms with E-state index in [-0.39, 0.29) is 11.6 Å². The molecule has 0 aliphatic carbocycles. The Hall–Kier alpha value is -0.610. The maximum Gasteiger partial charge on any atom is 0.156 e. The minimum atomic E-state index is -0.300. The molecule has 1 aromatic heterocycles. The minimum Gasteiger partial charge on any atom is -0.506 e. The van der Waals surface area contributed by atoms with E-state index >= 15 is 0 Å². The highest BCUT2D eigenvalue weighted by molar-refractivity contribution is 9.11. The zero-order valence-electron chi connectivity index (χ0n) is 5.84. The van der Waals surface area contributed by atoms with Gasteiger partial charge in [0.1, 0.15) is 9.54 Å². The van der Waals surface area contributed by atoms with Crippen molar-refractivity contribution in [3.8, 4) is 5.75 Å². The number of thiophene rings is 1. The second-order valence-electron chi connectivity index (χ2n) is 2.34. The molecule has 12 heavy (non-hydrogen) atoms. The van der Waals surface area contributed by atoms with Gasteiger partial charge >= 0.3 is 0 Å². The van der Waals surface area contributed by atoms with E-state index in [0.717, 1.165) is 0 Å². The topological polar surface area (TPSA) is 20.2 Å². The van der Waals surface area contributed by atoms with E-state index in [1.54, 1.807) is 18.2 Å². The van der Waals surface area contributed by atoms with Gasteiger partial charge in [-0.2, -0.15) is 0 Å². The van der Waals surface area contributed by atoms with Crippen LogP contribution in [0.4, 0.5) is 4.39 Å². The van der Waals surface area contributed by atoms with Gasteiger partial charge in [0.2, 0.25) is 0 Å². The molecule has 0 aliphatic heterocycles. The molecule has 1 aromatic carbocycles. The maximum absolute atomic E-state index is 13.2. The molecule has 62 valence electrons. The molecule has 4 heteroatoms. The summed E-state index contributed by atoms with van der Waals surface area (Å²) in [6, 6.07) is 4.82. The molecule has 0 aliphatic rings. The van der Waals surface area contributed by atoms with Crippen molar-refractivity contribution >= 4 is 37.4 Å². The molecule has 0 fully saturated rings. The van der Waals surface area contributed by atoms with Crippen LogP contribution >= 0.6 is 27.3 Å². The van der Waals surface area contributed by atoms with Crippen molar-refractivity contribution in [3.05, 3.63) is 27.8 Å². The third-order valence-electron chi connectivity index (χ3n) is 1.59. The molecule has 0 spiro atoms. The smallest absolute Gasteiger partial charge is 0.156 e. The van der Waals surface area contributed by atoms with Gasteiger partial charge in [-0.1, -0.05) is 12.1 Å². The van der Waals surface area contributed by atoms with Crippen molar-refractivity contribution in [2.24, 2.45) is 0 Å². The molecular formula is C8H4BrFOS. The molecular weight excluding hydrogens is 243 g/mol. The summed E-state index contributed by atoms with van der Waals surface area (Å²) in [6.07, 6.45) is 0. The normalized spacial score (nSPS) is 10.8. The molecule has 1 N–H and O–H groups in total. The van der Waals surface area contributed by atoms with Crippen molar-refractivity contribution in [3.63, 3.8) is 0 Å². The van der Waals surface area contributed by atoms with Crippen LogP contribution in [0.25, 0.3) is 10.1 Å². The predicted octanol–water partition coefficient (Wildman–Crippen LogP) is 3.51. The summed E-state index contributed by atoms with van der Waals surface area (Å²) in [5.41, 5.74) is 0.